The Morgan fingerprint density at radius 1 is 1.02 bits per heavy atom. The third-order valence-electron chi connectivity index (χ3n) is 7.18. The van der Waals surface area contributed by atoms with Crippen molar-refractivity contribution in [3.05, 3.63) is 108 Å². The van der Waals surface area contributed by atoms with Gasteiger partial charge in [0.1, 0.15) is 11.3 Å². The van der Waals surface area contributed by atoms with Gasteiger partial charge in [-0.1, -0.05) is 48.5 Å². The molecular weight excluding hydrogens is 572 g/mol. The fraction of sp³-hybridized carbons (Fsp3) is 0.281. The van der Waals surface area contributed by atoms with Crippen molar-refractivity contribution in [1.29, 1.82) is 0 Å². The van der Waals surface area contributed by atoms with E-state index in [9.17, 15) is 18.3 Å². The van der Waals surface area contributed by atoms with E-state index in [1.54, 1.807) is 24.5 Å². The number of furan rings is 1. The van der Waals surface area contributed by atoms with Crippen molar-refractivity contribution in [3.8, 4) is 5.75 Å². The van der Waals surface area contributed by atoms with Crippen LogP contribution < -0.4 is 10.1 Å². The number of nitrogens with zero attached hydrogens (tertiary/aromatic N) is 1. The molecule has 0 unspecified atom stereocenters. The molecule has 1 aliphatic heterocycles. The number of carbonyl (C=O) groups excluding carboxylic acids is 1. The standard InChI is InChI=1S/C32H34N2O8S/c1-39-25-11-13-26(14-12-25)43(37,38)34(15-17-35)16-18-40-31-20-24(28-22-41-29-10-6-5-9-27(28)29)19-30(42-31)32(36)33-21-23-7-3-2-4-8-23/h2-14,19,22,24,31,35H,15-18,20-21H2,1H3,(H,33,36)/t24-,31+/m1/s1. The van der Waals surface area contributed by atoms with Crippen molar-refractivity contribution in [2.24, 2.45) is 0 Å². The van der Waals surface area contributed by atoms with Gasteiger partial charge in [-0.15, -0.1) is 0 Å². The maximum atomic E-state index is 13.3. The van der Waals surface area contributed by atoms with Crippen LogP contribution in [-0.2, 0) is 30.8 Å². The highest BCUT2D eigenvalue weighted by Crippen LogP contribution is 2.36. The van der Waals surface area contributed by atoms with Gasteiger partial charge in [0.2, 0.25) is 16.3 Å². The summed E-state index contributed by atoms with van der Waals surface area (Å²) < 4.78 is 50.6. The Balaban J connectivity index is 1.30. The number of amides is 1. The number of rotatable bonds is 13. The van der Waals surface area contributed by atoms with E-state index in [1.807, 2.05) is 54.6 Å². The number of aliphatic hydroxyl groups is 1. The number of carbonyl (C=O) groups is 1. The van der Waals surface area contributed by atoms with Gasteiger partial charge in [-0.3, -0.25) is 4.79 Å². The van der Waals surface area contributed by atoms with Gasteiger partial charge in [-0.25, -0.2) is 8.42 Å². The molecule has 3 aromatic carbocycles. The fourth-order valence-electron chi connectivity index (χ4n) is 4.93. The number of allylic oxidation sites excluding steroid dienone is 1. The Labute approximate surface area is 250 Å². The number of sulfonamides is 1. The third-order valence-corrected chi connectivity index (χ3v) is 9.09. The predicted octanol–water partition coefficient (Wildman–Crippen LogP) is 4.17. The molecule has 0 aliphatic carbocycles. The Morgan fingerprint density at radius 2 is 1.77 bits per heavy atom. The smallest absolute Gasteiger partial charge is 0.286 e. The van der Waals surface area contributed by atoms with E-state index in [4.69, 9.17) is 18.6 Å². The molecule has 43 heavy (non-hydrogen) atoms. The molecule has 0 bridgehead atoms. The molecular formula is C32H34N2O8S. The van der Waals surface area contributed by atoms with Crippen LogP contribution in [0.15, 0.2) is 106 Å². The van der Waals surface area contributed by atoms with Gasteiger partial charge < -0.3 is 29.1 Å². The van der Waals surface area contributed by atoms with Crippen LogP contribution in [0.3, 0.4) is 0 Å². The van der Waals surface area contributed by atoms with Gasteiger partial charge >= 0.3 is 0 Å². The molecule has 2 heterocycles. The number of hydrogen-bond donors (Lipinski definition) is 2. The summed E-state index contributed by atoms with van der Waals surface area (Å²) in [7, 11) is -2.41. The van der Waals surface area contributed by atoms with Crippen LogP contribution in [0.4, 0.5) is 0 Å². The highest BCUT2D eigenvalue weighted by Gasteiger charge is 2.31. The molecule has 0 saturated heterocycles. The molecule has 0 spiro atoms. The first-order valence-electron chi connectivity index (χ1n) is 13.9. The van der Waals surface area contributed by atoms with Crippen molar-refractivity contribution in [2.45, 2.75) is 30.1 Å². The summed E-state index contributed by atoms with van der Waals surface area (Å²) in [6.07, 6.45) is 2.99. The molecule has 0 fully saturated rings. The summed E-state index contributed by atoms with van der Waals surface area (Å²) in [5, 5.41) is 13.4. The van der Waals surface area contributed by atoms with Crippen molar-refractivity contribution in [1.82, 2.24) is 9.62 Å². The topological polar surface area (TPSA) is 128 Å². The van der Waals surface area contributed by atoms with Crippen LogP contribution in [0.25, 0.3) is 11.0 Å². The lowest BCUT2D eigenvalue weighted by Gasteiger charge is -2.30. The van der Waals surface area contributed by atoms with E-state index < -0.39 is 16.3 Å². The Bertz CT molecular complexity index is 1650. The average molecular weight is 607 g/mol. The van der Waals surface area contributed by atoms with Crippen LogP contribution in [0, 0.1) is 0 Å². The van der Waals surface area contributed by atoms with E-state index in [0.29, 0.717) is 18.7 Å². The van der Waals surface area contributed by atoms with Crippen LogP contribution >= 0.6 is 0 Å². The van der Waals surface area contributed by atoms with Crippen molar-refractivity contribution in [3.63, 3.8) is 0 Å². The summed E-state index contributed by atoms with van der Waals surface area (Å²) in [5.74, 6) is -0.00187. The number of benzene rings is 3. The molecule has 1 amide bonds. The Hall–Kier alpha value is -4.16. The second kappa shape index (κ2) is 13.9. The van der Waals surface area contributed by atoms with Crippen LogP contribution in [0.5, 0.6) is 5.75 Å². The monoisotopic (exact) mass is 606 g/mol. The zero-order valence-corrected chi connectivity index (χ0v) is 24.5. The maximum Gasteiger partial charge on any atom is 0.286 e. The van der Waals surface area contributed by atoms with E-state index in [0.717, 1.165) is 26.4 Å². The molecule has 226 valence electrons. The molecule has 5 rings (SSSR count). The highest BCUT2D eigenvalue weighted by molar-refractivity contribution is 7.89. The van der Waals surface area contributed by atoms with Crippen molar-refractivity contribution in [2.75, 3.05) is 33.4 Å². The fourth-order valence-corrected chi connectivity index (χ4v) is 6.35. The van der Waals surface area contributed by atoms with Gasteiger partial charge in [0.15, 0.2) is 5.76 Å². The average Bonchev–Trinajstić information content (AvgIpc) is 3.48. The van der Waals surface area contributed by atoms with E-state index >= 15 is 0 Å². The molecule has 4 aromatic rings. The lowest BCUT2D eigenvalue weighted by Crippen LogP contribution is -2.38. The predicted molar refractivity (Wildman–Crippen MR) is 160 cm³/mol. The van der Waals surface area contributed by atoms with E-state index in [-0.39, 0.29) is 48.8 Å². The van der Waals surface area contributed by atoms with Crippen LogP contribution in [-0.4, -0.2) is 63.4 Å². The maximum absolute atomic E-state index is 13.3. The van der Waals surface area contributed by atoms with Crippen molar-refractivity contribution >= 4 is 26.9 Å². The van der Waals surface area contributed by atoms with Crippen LogP contribution in [0.2, 0.25) is 0 Å². The normalized spacial score (nSPS) is 17.0. The highest BCUT2D eigenvalue weighted by atomic mass is 32.2. The molecule has 2 atom stereocenters. The number of fused-ring (bicyclic) bond motifs is 1. The van der Waals surface area contributed by atoms with Gasteiger partial charge in [0, 0.05) is 42.9 Å². The minimum Gasteiger partial charge on any atom is -0.497 e. The number of para-hydroxylation sites is 1. The zero-order chi connectivity index (χ0) is 30.2. The SMILES string of the molecule is COc1ccc(S(=O)(=O)N(CCO)CCO[C@@H]2C[C@H](c3coc4ccccc34)C=C(C(=O)NCc3ccccc3)O2)cc1. The summed E-state index contributed by atoms with van der Waals surface area (Å²) in [5.41, 5.74) is 2.57. The number of aliphatic hydroxyl groups excluding tert-OH is 1. The largest absolute Gasteiger partial charge is 0.497 e. The quantitative estimate of drug-likeness (QED) is 0.232. The molecule has 11 heteroatoms. The molecule has 1 aromatic heterocycles. The van der Waals surface area contributed by atoms with Gasteiger partial charge in [0.05, 0.1) is 31.5 Å². The van der Waals surface area contributed by atoms with E-state index in [2.05, 4.69) is 5.32 Å². The van der Waals surface area contributed by atoms with Crippen molar-refractivity contribution < 1.29 is 36.9 Å². The lowest BCUT2D eigenvalue weighted by atomic mass is 9.92. The summed E-state index contributed by atoms with van der Waals surface area (Å²) >= 11 is 0. The summed E-state index contributed by atoms with van der Waals surface area (Å²) in [6.45, 7) is -0.213. The number of hydrogen-bond acceptors (Lipinski definition) is 8. The summed E-state index contributed by atoms with van der Waals surface area (Å²) in [4.78, 5) is 13.3. The van der Waals surface area contributed by atoms with Gasteiger partial charge in [-0.2, -0.15) is 4.31 Å². The first-order chi connectivity index (χ1) is 20.9. The number of ether oxygens (including phenoxy) is 3. The molecule has 1 aliphatic rings. The minimum absolute atomic E-state index is 0.0299. The van der Waals surface area contributed by atoms with E-state index in [1.165, 1.54) is 19.2 Å². The molecule has 0 radical (unpaired) electrons. The number of nitrogens with one attached hydrogen (secondary N) is 1. The van der Waals surface area contributed by atoms with Gasteiger partial charge in [0.25, 0.3) is 5.91 Å². The Morgan fingerprint density at radius 3 is 2.51 bits per heavy atom. The van der Waals surface area contributed by atoms with Gasteiger partial charge in [-0.05, 0) is 42.0 Å². The van der Waals surface area contributed by atoms with Crippen LogP contribution in [0.1, 0.15) is 23.5 Å². The molecule has 2 N–H and O–H groups in total. The molecule has 0 saturated carbocycles. The first-order valence-corrected chi connectivity index (χ1v) is 15.4. The first kappa shape index (κ1) is 30.3. The molecule has 10 nitrogen and oxygen atoms in total. The Kier molecular flexibility index (Phi) is 9.78. The lowest BCUT2D eigenvalue weighted by molar-refractivity contribution is -0.146. The third kappa shape index (κ3) is 7.26. The minimum atomic E-state index is -3.91. The second-order valence-electron chi connectivity index (χ2n) is 9.95. The summed E-state index contributed by atoms with van der Waals surface area (Å²) in [6, 6.07) is 23.2. The second-order valence-corrected chi connectivity index (χ2v) is 11.9. The number of methoxy groups -OCH3 is 1. The zero-order valence-electron chi connectivity index (χ0n) is 23.7.